The maximum atomic E-state index is 11.9. The summed E-state index contributed by atoms with van der Waals surface area (Å²) >= 11 is 0. The standard InChI is InChI=1S/C14H18N4O3/c1-15-14(20)21-7-11-10-6-16-13(19)9(10)5-12(17-11)18(2)8-3-4-8/h5,8H,3-4,6-7H2,1-2H3,(H,15,20)(H,16,19). The molecule has 0 aromatic carbocycles. The third-order valence-electron chi connectivity index (χ3n) is 3.87. The second kappa shape index (κ2) is 5.23. The fraction of sp³-hybridized carbons (Fsp3) is 0.500. The number of hydrogen-bond donors (Lipinski definition) is 2. The molecule has 0 unspecified atom stereocenters. The van der Waals surface area contributed by atoms with Crippen LogP contribution in [0.25, 0.3) is 0 Å². The maximum Gasteiger partial charge on any atom is 0.407 e. The average molecular weight is 290 g/mol. The van der Waals surface area contributed by atoms with E-state index in [1.165, 1.54) is 7.05 Å². The molecule has 2 amide bonds. The molecule has 1 saturated carbocycles. The minimum absolute atomic E-state index is 0.0588. The summed E-state index contributed by atoms with van der Waals surface area (Å²) in [6.07, 6.45) is 1.78. The van der Waals surface area contributed by atoms with Gasteiger partial charge in [0.15, 0.2) is 0 Å². The van der Waals surface area contributed by atoms with E-state index in [4.69, 9.17) is 4.74 Å². The van der Waals surface area contributed by atoms with Crippen LogP contribution < -0.4 is 15.5 Å². The van der Waals surface area contributed by atoms with Crippen LogP contribution in [-0.2, 0) is 17.9 Å². The molecule has 2 N–H and O–H groups in total. The van der Waals surface area contributed by atoms with Crippen molar-refractivity contribution in [2.75, 3.05) is 19.0 Å². The molecule has 1 fully saturated rings. The molecule has 1 aromatic heterocycles. The zero-order chi connectivity index (χ0) is 15.0. The van der Waals surface area contributed by atoms with E-state index in [9.17, 15) is 9.59 Å². The summed E-state index contributed by atoms with van der Waals surface area (Å²) in [4.78, 5) is 29.8. The summed E-state index contributed by atoms with van der Waals surface area (Å²) in [6, 6.07) is 2.31. The predicted molar refractivity (Wildman–Crippen MR) is 76.1 cm³/mol. The summed E-state index contributed by atoms with van der Waals surface area (Å²) in [5, 5.41) is 5.18. The van der Waals surface area contributed by atoms with E-state index in [-0.39, 0.29) is 12.5 Å². The quantitative estimate of drug-likeness (QED) is 0.856. The number of aromatic nitrogens is 1. The molecule has 1 aliphatic carbocycles. The van der Waals surface area contributed by atoms with Crippen LogP contribution in [0, 0.1) is 0 Å². The summed E-state index contributed by atoms with van der Waals surface area (Å²) in [5.74, 6) is 0.655. The van der Waals surface area contributed by atoms with E-state index >= 15 is 0 Å². The number of carbonyl (C=O) groups excluding carboxylic acids is 2. The Morgan fingerprint density at radius 3 is 3.00 bits per heavy atom. The van der Waals surface area contributed by atoms with E-state index in [1.807, 2.05) is 13.1 Å². The van der Waals surface area contributed by atoms with E-state index < -0.39 is 6.09 Å². The minimum atomic E-state index is -0.510. The van der Waals surface area contributed by atoms with Gasteiger partial charge in [-0.05, 0) is 18.9 Å². The van der Waals surface area contributed by atoms with Gasteiger partial charge in [-0.15, -0.1) is 0 Å². The number of anilines is 1. The monoisotopic (exact) mass is 290 g/mol. The van der Waals surface area contributed by atoms with Crippen molar-refractivity contribution in [2.45, 2.75) is 32.0 Å². The van der Waals surface area contributed by atoms with Crippen molar-refractivity contribution in [1.29, 1.82) is 0 Å². The van der Waals surface area contributed by atoms with E-state index in [0.717, 1.165) is 24.2 Å². The molecule has 2 aliphatic rings. The molecule has 0 saturated heterocycles. The first-order valence-corrected chi connectivity index (χ1v) is 6.98. The van der Waals surface area contributed by atoms with Gasteiger partial charge in [-0.3, -0.25) is 4.79 Å². The van der Waals surface area contributed by atoms with Crippen molar-refractivity contribution >= 4 is 17.8 Å². The van der Waals surface area contributed by atoms with Gasteiger partial charge in [-0.1, -0.05) is 0 Å². The number of carbonyl (C=O) groups is 2. The lowest BCUT2D eigenvalue weighted by atomic mass is 10.1. The summed E-state index contributed by atoms with van der Waals surface area (Å²) in [6.45, 7) is 0.490. The van der Waals surface area contributed by atoms with Gasteiger partial charge in [-0.25, -0.2) is 9.78 Å². The van der Waals surface area contributed by atoms with E-state index in [1.54, 1.807) is 0 Å². The van der Waals surface area contributed by atoms with Crippen LogP contribution in [0.15, 0.2) is 6.07 Å². The molecule has 0 radical (unpaired) electrons. The number of nitrogens with one attached hydrogen (secondary N) is 2. The van der Waals surface area contributed by atoms with Crippen LogP contribution >= 0.6 is 0 Å². The molecule has 21 heavy (non-hydrogen) atoms. The Kier molecular flexibility index (Phi) is 3.40. The second-order valence-electron chi connectivity index (χ2n) is 5.30. The molecule has 1 aliphatic heterocycles. The Labute approximate surface area is 122 Å². The molecular formula is C14H18N4O3. The van der Waals surface area contributed by atoms with Crippen molar-refractivity contribution in [1.82, 2.24) is 15.6 Å². The molecular weight excluding hydrogens is 272 g/mol. The summed E-state index contributed by atoms with van der Waals surface area (Å²) in [7, 11) is 3.48. The van der Waals surface area contributed by atoms with Crippen molar-refractivity contribution in [3.05, 3.63) is 22.9 Å². The lowest BCUT2D eigenvalue weighted by Gasteiger charge is -2.19. The highest BCUT2D eigenvalue weighted by Gasteiger charge is 2.30. The molecule has 0 bridgehead atoms. The second-order valence-corrected chi connectivity index (χ2v) is 5.30. The number of fused-ring (bicyclic) bond motifs is 1. The number of ether oxygens (including phenoxy) is 1. The van der Waals surface area contributed by atoms with Crippen LogP contribution in [0.5, 0.6) is 0 Å². The third kappa shape index (κ3) is 2.63. The normalized spacial score (nSPS) is 16.2. The van der Waals surface area contributed by atoms with Gasteiger partial charge in [0.05, 0.1) is 5.69 Å². The smallest absolute Gasteiger partial charge is 0.407 e. The minimum Gasteiger partial charge on any atom is -0.443 e. The lowest BCUT2D eigenvalue weighted by Crippen LogP contribution is -2.23. The van der Waals surface area contributed by atoms with Gasteiger partial charge in [0, 0.05) is 37.8 Å². The van der Waals surface area contributed by atoms with Crippen LogP contribution in [0.4, 0.5) is 10.6 Å². The third-order valence-corrected chi connectivity index (χ3v) is 3.87. The summed E-state index contributed by atoms with van der Waals surface area (Å²) < 4.78 is 5.08. The number of hydrogen-bond acceptors (Lipinski definition) is 5. The molecule has 3 rings (SSSR count). The fourth-order valence-corrected chi connectivity index (χ4v) is 2.43. The van der Waals surface area contributed by atoms with Crippen LogP contribution in [-0.4, -0.2) is 37.1 Å². The SMILES string of the molecule is CNC(=O)OCc1nc(N(C)C2CC2)cc2c1CNC2=O. The first kappa shape index (κ1) is 13.7. The van der Waals surface area contributed by atoms with Gasteiger partial charge in [0.25, 0.3) is 5.91 Å². The maximum absolute atomic E-state index is 11.9. The highest BCUT2D eigenvalue weighted by Crippen LogP contribution is 2.31. The van der Waals surface area contributed by atoms with Gasteiger partial charge >= 0.3 is 6.09 Å². The summed E-state index contributed by atoms with van der Waals surface area (Å²) in [5.41, 5.74) is 2.08. The van der Waals surface area contributed by atoms with E-state index in [0.29, 0.717) is 23.8 Å². The molecule has 112 valence electrons. The van der Waals surface area contributed by atoms with Crippen molar-refractivity contribution in [3.63, 3.8) is 0 Å². The Hall–Kier alpha value is -2.31. The molecule has 0 spiro atoms. The Morgan fingerprint density at radius 1 is 1.57 bits per heavy atom. The van der Waals surface area contributed by atoms with Gasteiger partial charge < -0.3 is 20.3 Å². The number of nitrogens with zero attached hydrogens (tertiary/aromatic N) is 2. The van der Waals surface area contributed by atoms with E-state index in [2.05, 4.69) is 20.5 Å². The van der Waals surface area contributed by atoms with Crippen LogP contribution in [0.3, 0.4) is 0 Å². The Morgan fingerprint density at radius 2 is 2.33 bits per heavy atom. The highest BCUT2D eigenvalue weighted by atomic mass is 16.5. The topological polar surface area (TPSA) is 83.6 Å². The number of pyridine rings is 1. The lowest BCUT2D eigenvalue weighted by molar-refractivity contribution is 0.0965. The molecule has 7 nitrogen and oxygen atoms in total. The average Bonchev–Trinajstić information content (AvgIpc) is 3.28. The molecule has 2 heterocycles. The van der Waals surface area contributed by atoms with Crippen molar-refractivity contribution < 1.29 is 14.3 Å². The molecule has 7 heteroatoms. The van der Waals surface area contributed by atoms with Gasteiger partial charge in [0.1, 0.15) is 12.4 Å². The molecule has 1 aromatic rings. The van der Waals surface area contributed by atoms with Crippen molar-refractivity contribution in [3.8, 4) is 0 Å². The fourth-order valence-electron chi connectivity index (χ4n) is 2.43. The number of amides is 2. The Bertz CT molecular complexity index is 598. The van der Waals surface area contributed by atoms with Crippen LogP contribution in [0.2, 0.25) is 0 Å². The Balaban J connectivity index is 1.91. The predicted octanol–water partition coefficient (Wildman–Crippen LogP) is 0.780. The van der Waals surface area contributed by atoms with Crippen LogP contribution in [0.1, 0.15) is 34.5 Å². The van der Waals surface area contributed by atoms with Gasteiger partial charge in [-0.2, -0.15) is 0 Å². The number of alkyl carbamates (subject to hydrolysis) is 1. The van der Waals surface area contributed by atoms with Crippen molar-refractivity contribution in [2.24, 2.45) is 0 Å². The molecule has 0 atom stereocenters. The largest absolute Gasteiger partial charge is 0.443 e. The van der Waals surface area contributed by atoms with Gasteiger partial charge in [0.2, 0.25) is 0 Å². The number of rotatable bonds is 4. The zero-order valence-corrected chi connectivity index (χ0v) is 12.1. The zero-order valence-electron chi connectivity index (χ0n) is 12.1. The first-order chi connectivity index (χ1) is 10.1. The highest BCUT2D eigenvalue weighted by molar-refractivity contribution is 5.99. The first-order valence-electron chi connectivity index (χ1n) is 6.98.